The number of carbonyl (C=O) groups is 2. The van der Waals surface area contributed by atoms with Crippen molar-refractivity contribution < 1.29 is 14.3 Å². The largest absolute Gasteiger partial charge is 0.466 e. The monoisotopic (exact) mass is 362 g/mol. The lowest BCUT2D eigenvalue weighted by atomic mass is 9.97. The Labute approximate surface area is 150 Å². The van der Waals surface area contributed by atoms with Gasteiger partial charge in [-0.25, -0.2) is 9.36 Å². The van der Waals surface area contributed by atoms with E-state index in [9.17, 15) is 19.2 Å². The Morgan fingerprint density at radius 2 is 1.92 bits per heavy atom. The van der Waals surface area contributed by atoms with Crippen molar-refractivity contribution in [2.45, 2.75) is 39.8 Å². The van der Waals surface area contributed by atoms with Crippen molar-refractivity contribution in [3.8, 4) is 6.07 Å². The normalized spacial score (nSPS) is 14.7. The van der Waals surface area contributed by atoms with Gasteiger partial charge in [-0.2, -0.15) is 5.26 Å². The molecule has 9 heteroatoms. The number of hydrogen-bond donors (Lipinski definition) is 0. The number of carbonyl (C=O) groups excluding carboxylic acids is 2. The zero-order valence-electron chi connectivity index (χ0n) is 14.9. The minimum atomic E-state index is -0.767. The van der Waals surface area contributed by atoms with Crippen LogP contribution in [0.2, 0.25) is 0 Å². The van der Waals surface area contributed by atoms with E-state index in [0.717, 1.165) is 4.57 Å². The summed E-state index contributed by atoms with van der Waals surface area (Å²) in [6, 6.07) is 1.75. The Morgan fingerprint density at radius 3 is 2.46 bits per heavy atom. The summed E-state index contributed by atoms with van der Waals surface area (Å²) >= 11 is 0. The summed E-state index contributed by atoms with van der Waals surface area (Å²) in [4.78, 5) is 50.3. The zero-order chi connectivity index (χ0) is 19.3. The maximum absolute atomic E-state index is 12.5. The molecule has 1 aromatic heterocycles. The van der Waals surface area contributed by atoms with Crippen LogP contribution >= 0.6 is 0 Å². The van der Waals surface area contributed by atoms with E-state index in [1.807, 2.05) is 0 Å². The molecule has 26 heavy (non-hydrogen) atoms. The predicted octanol–water partition coefficient (Wildman–Crippen LogP) is -0.297. The minimum absolute atomic E-state index is 0.180. The number of hydrogen-bond acceptors (Lipinski definition) is 6. The maximum Gasteiger partial charge on any atom is 0.331 e. The van der Waals surface area contributed by atoms with Crippen LogP contribution in [-0.4, -0.2) is 45.6 Å². The number of aromatic nitrogens is 2. The molecule has 0 N–H and O–H groups in total. The number of esters is 1. The van der Waals surface area contributed by atoms with E-state index in [1.165, 1.54) is 15.7 Å². The number of nitriles is 1. The predicted molar refractivity (Wildman–Crippen MR) is 91.3 cm³/mol. The van der Waals surface area contributed by atoms with Gasteiger partial charge in [-0.3, -0.25) is 19.0 Å². The second kappa shape index (κ2) is 8.47. The number of nitrogens with zero attached hydrogens (tertiary/aromatic N) is 4. The molecule has 0 unspecified atom stereocenters. The Kier molecular flexibility index (Phi) is 6.33. The van der Waals surface area contributed by atoms with Gasteiger partial charge in [0.05, 0.1) is 12.5 Å². The Balaban J connectivity index is 2.12. The first-order valence-corrected chi connectivity index (χ1v) is 8.61. The summed E-state index contributed by atoms with van der Waals surface area (Å²) < 4.78 is 7.01. The number of aryl methyl sites for hydroxylation is 1. The average molecular weight is 362 g/mol. The fourth-order valence-electron chi connectivity index (χ4n) is 2.96. The molecule has 1 amide bonds. The molecular weight excluding hydrogens is 340 g/mol. The molecule has 1 saturated heterocycles. The van der Waals surface area contributed by atoms with Gasteiger partial charge in [-0.05, 0) is 26.7 Å². The van der Waals surface area contributed by atoms with Gasteiger partial charge in [-0.1, -0.05) is 0 Å². The van der Waals surface area contributed by atoms with Gasteiger partial charge in [0.25, 0.3) is 5.56 Å². The summed E-state index contributed by atoms with van der Waals surface area (Å²) in [7, 11) is 0. The van der Waals surface area contributed by atoms with Gasteiger partial charge in [0.2, 0.25) is 5.91 Å². The van der Waals surface area contributed by atoms with Crippen molar-refractivity contribution in [1.29, 1.82) is 5.26 Å². The first-order valence-electron chi connectivity index (χ1n) is 8.61. The maximum atomic E-state index is 12.5. The van der Waals surface area contributed by atoms with Crippen molar-refractivity contribution in [3.63, 3.8) is 0 Å². The Morgan fingerprint density at radius 1 is 1.27 bits per heavy atom. The van der Waals surface area contributed by atoms with Crippen LogP contribution in [0.15, 0.2) is 15.8 Å². The molecule has 1 aromatic rings. The fourth-order valence-corrected chi connectivity index (χ4v) is 2.96. The lowest BCUT2D eigenvalue weighted by Gasteiger charge is -2.31. The molecule has 0 saturated carbocycles. The molecule has 140 valence electrons. The van der Waals surface area contributed by atoms with E-state index in [-0.39, 0.29) is 29.9 Å². The zero-order valence-corrected chi connectivity index (χ0v) is 14.9. The smallest absolute Gasteiger partial charge is 0.331 e. The third-order valence-corrected chi connectivity index (χ3v) is 4.46. The van der Waals surface area contributed by atoms with Gasteiger partial charge >= 0.3 is 11.7 Å². The van der Waals surface area contributed by atoms with Crippen LogP contribution in [0.4, 0.5) is 0 Å². The van der Waals surface area contributed by atoms with Crippen LogP contribution < -0.4 is 11.2 Å². The number of piperidine rings is 1. The number of ether oxygens (including phenoxy) is 1. The van der Waals surface area contributed by atoms with E-state index >= 15 is 0 Å². The Hall–Kier alpha value is -2.89. The van der Waals surface area contributed by atoms with Gasteiger partial charge in [0.15, 0.2) is 0 Å². The van der Waals surface area contributed by atoms with Crippen molar-refractivity contribution in [3.05, 3.63) is 32.6 Å². The van der Waals surface area contributed by atoms with E-state index < -0.39 is 17.8 Å². The van der Waals surface area contributed by atoms with E-state index in [2.05, 4.69) is 0 Å². The third-order valence-electron chi connectivity index (χ3n) is 4.46. The molecule has 1 fully saturated rings. The molecule has 2 heterocycles. The van der Waals surface area contributed by atoms with E-state index in [1.54, 1.807) is 19.9 Å². The molecule has 0 spiro atoms. The molecule has 0 bridgehead atoms. The molecule has 0 radical (unpaired) electrons. The number of rotatable bonds is 5. The summed E-state index contributed by atoms with van der Waals surface area (Å²) in [5.74, 6) is -0.881. The fraction of sp³-hybridized carbons (Fsp3) is 0.588. The summed E-state index contributed by atoms with van der Waals surface area (Å²) in [6.45, 7) is 4.35. The molecule has 0 aromatic carbocycles. The van der Waals surface area contributed by atoms with Crippen molar-refractivity contribution in [2.24, 2.45) is 5.92 Å². The van der Waals surface area contributed by atoms with Gasteiger partial charge in [0.1, 0.15) is 18.2 Å². The number of likely N-dealkylation sites (tertiary alicyclic amines) is 1. The average Bonchev–Trinajstić information content (AvgIpc) is 2.65. The first-order chi connectivity index (χ1) is 12.4. The van der Waals surface area contributed by atoms with Crippen LogP contribution in [0.3, 0.4) is 0 Å². The van der Waals surface area contributed by atoms with Gasteiger partial charge < -0.3 is 9.64 Å². The van der Waals surface area contributed by atoms with Crippen LogP contribution in [0.1, 0.15) is 32.3 Å². The molecular formula is C17H22N4O5. The summed E-state index contributed by atoms with van der Waals surface area (Å²) in [5.41, 5.74) is -1.57. The third kappa shape index (κ3) is 4.02. The molecule has 1 aliphatic rings. The van der Waals surface area contributed by atoms with Crippen molar-refractivity contribution in [1.82, 2.24) is 14.0 Å². The summed E-state index contributed by atoms with van der Waals surface area (Å²) in [6.07, 6.45) is 2.17. The van der Waals surface area contributed by atoms with E-state index in [0.29, 0.717) is 32.5 Å². The highest BCUT2D eigenvalue weighted by atomic mass is 16.5. The lowest BCUT2D eigenvalue weighted by molar-refractivity contribution is -0.151. The molecule has 0 atom stereocenters. The summed E-state index contributed by atoms with van der Waals surface area (Å²) in [5, 5.41) is 9.04. The topological polar surface area (TPSA) is 114 Å². The van der Waals surface area contributed by atoms with E-state index in [4.69, 9.17) is 10.00 Å². The second-order valence-electron chi connectivity index (χ2n) is 6.02. The molecule has 9 nitrogen and oxygen atoms in total. The second-order valence-corrected chi connectivity index (χ2v) is 6.02. The van der Waals surface area contributed by atoms with Gasteiger partial charge in [-0.15, -0.1) is 0 Å². The molecule has 2 rings (SSSR count). The van der Waals surface area contributed by atoms with Crippen molar-refractivity contribution in [2.75, 3.05) is 19.7 Å². The molecule has 0 aliphatic carbocycles. The standard InChI is InChI=1S/C17H22N4O5/c1-3-19-10-13(9-18)15(23)21(17(19)25)11-14(22)20-7-5-12(6-8-20)16(24)26-4-2/h10,12H,3-8,11H2,1-2H3. The Bertz CT molecular complexity index is 840. The highest BCUT2D eigenvalue weighted by molar-refractivity contribution is 5.77. The number of amides is 1. The highest BCUT2D eigenvalue weighted by Gasteiger charge is 2.28. The minimum Gasteiger partial charge on any atom is -0.466 e. The quantitative estimate of drug-likeness (QED) is 0.665. The lowest BCUT2D eigenvalue weighted by Crippen LogP contribution is -2.47. The first kappa shape index (κ1) is 19.4. The van der Waals surface area contributed by atoms with Crippen LogP contribution in [0, 0.1) is 17.2 Å². The SMILES string of the molecule is CCOC(=O)C1CCN(C(=O)Cn2c(=O)c(C#N)cn(CC)c2=O)CC1. The van der Waals surface area contributed by atoms with Gasteiger partial charge in [0, 0.05) is 25.8 Å². The highest BCUT2D eigenvalue weighted by Crippen LogP contribution is 2.18. The molecule has 1 aliphatic heterocycles. The van der Waals surface area contributed by atoms with Crippen LogP contribution in [-0.2, 0) is 27.4 Å². The van der Waals surface area contributed by atoms with Crippen LogP contribution in [0.25, 0.3) is 0 Å². The van der Waals surface area contributed by atoms with Crippen LogP contribution in [0.5, 0.6) is 0 Å². The van der Waals surface area contributed by atoms with Crippen molar-refractivity contribution >= 4 is 11.9 Å².